The summed E-state index contributed by atoms with van der Waals surface area (Å²) in [6.45, 7) is 0.273. The van der Waals surface area contributed by atoms with Gasteiger partial charge >= 0.3 is 0 Å². The highest BCUT2D eigenvalue weighted by molar-refractivity contribution is 6.07. The third-order valence-electron chi connectivity index (χ3n) is 2.83. The third-order valence-corrected chi connectivity index (χ3v) is 2.83. The molecule has 1 aliphatic rings. The van der Waals surface area contributed by atoms with Crippen LogP contribution in [0.1, 0.15) is 5.56 Å². The first kappa shape index (κ1) is 11.5. The fraction of sp³-hybridized carbons (Fsp3) is 0.0667. The minimum absolute atomic E-state index is 0.187. The highest BCUT2D eigenvalue weighted by Crippen LogP contribution is 2.25. The molecule has 3 rings (SSSR count). The number of pyridine rings is 1. The van der Waals surface area contributed by atoms with Crippen LogP contribution in [0.2, 0.25) is 0 Å². The molecule has 4 heteroatoms. The molecule has 1 amide bonds. The molecule has 0 aliphatic carbocycles. The Hall–Kier alpha value is -2.62. The first-order valence-electron chi connectivity index (χ1n) is 5.98. The predicted molar refractivity (Wildman–Crippen MR) is 72.8 cm³/mol. The van der Waals surface area contributed by atoms with Gasteiger partial charge in [0, 0.05) is 11.8 Å². The minimum Gasteiger partial charge on any atom is -0.488 e. The van der Waals surface area contributed by atoms with Crippen LogP contribution in [0, 0.1) is 0 Å². The number of rotatable bonds is 2. The zero-order chi connectivity index (χ0) is 13.1. The van der Waals surface area contributed by atoms with E-state index in [1.165, 1.54) is 0 Å². The Labute approximate surface area is 110 Å². The van der Waals surface area contributed by atoms with Crippen LogP contribution < -0.4 is 10.1 Å². The standard InChI is InChI=1S/C15H12N2O2/c18-15(17-14-7-3-4-8-16-14)12-9-11-5-1-2-6-13(11)19-10-12/h1-9H,10H2,(H,16,17,18). The molecule has 0 unspecified atom stereocenters. The van der Waals surface area contributed by atoms with Crippen LogP contribution in [-0.2, 0) is 4.79 Å². The molecule has 4 nitrogen and oxygen atoms in total. The van der Waals surface area contributed by atoms with E-state index in [4.69, 9.17) is 4.74 Å². The van der Waals surface area contributed by atoms with Crippen LogP contribution in [0.3, 0.4) is 0 Å². The smallest absolute Gasteiger partial charge is 0.256 e. The number of para-hydroxylation sites is 1. The van der Waals surface area contributed by atoms with Gasteiger partial charge in [0.1, 0.15) is 18.2 Å². The van der Waals surface area contributed by atoms with Crippen molar-refractivity contribution >= 4 is 17.8 Å². The summed E-state index contributed by atoms with van der Waals surface area (Å²) in [6, 6.07) is 13.0. The fourth-order valence-electron chi connectivity index (χ4n) is 1.88. The maximum atomic E-state index is 12.1. The lowest BCUT2D eigenvalue weighted by Crippen LogP contribution is -2.21. The molecular weight excluding hydrogens is 240 g/mol. The number of anilines is 1. The number of hydrogen-bond acceptors (Lipinski definition) is 3. The molecule has 2 aromatic rings. The summed E-state index contributed by atoms with van der Waals surface area (Å²) in [7, 11) is 0. The van der Waals surface area contributed by atoms with Gasteiger partial charge in [-0.05, 0) is 24.3 Å². The van der Waals surface area contributed by atoms with E-state index in [1.807, 2.05) is 36.4 Å². The Kier molecular flexibility index (Phi) is 2.98. The molecule has 1 aliphatic heterocycles. The van der Waals surface area contributed by atoms with Gasteiger partial charge in [-0.1, -0.05) is 24.3 Å². The molecule has 0 fully saturated rings. The summed E-state index contributed by atoms with van der Waals surface area (Å²) in [5, 5.41) is 2.74. The summed E-state index contributed by atoms with van der Waals surface area (Å²) in [6.07, 6.45) is 3.48. The molecule has 1 aromatic carbocycles. The molecule has 2 heterocycles. The first-order valence-corrected chi connectivity index (χ1v) is 5.98. The Balaban J connectivity index is 1.80. The van der Waals surface area contributed by atoms with Crippen LogP contribution in [0.4, 0.5) is 5.82 Å². The van der Waals surface area contributed by atoms with E-state index in [9.17, 15) is 4.79 Å². The first-order chi connectivity index (χ1) is 9.33. The minimum atomic E-state index is -0.187. The zero-order valence-electron chi connectivity index (χ0n) is 10.2. The van der Waals surface area contributed by atoms with Crippen LogP contribution in [0.25, 0.3) is 6.08 Å². The molecule has 0 saturated carbocycles. The van der Waals surface area contributed by atoms with Crippen LogP contribution >= 0.6 is 0 Å². The van der Waals surface area contributed by atoms with Crippen molar-refractivity contribution in [1.82, 2.24) is 4.98 Å². The molecule has 0 bridgehead atoms. The second-order valence-electron chi connectivity index (χ2n) is 4.17. The van der Waals surface area contributed by atoms with Crippen molar-refractivity contribution in [1.29, 1.82) is 0 Å². The van der Waals surface area contributed by atoms with Gasteiger partial charge in [-0.3, -0.25) is 4.79 Å². The van der Waals surface area contributed by atoms with Crippen molar-refractivity contribution in [3.05, 3.63) is 59.8 Å². The van der Waals surface area contributed by atoms with Gasteiger partial charge in [-0.2, -0.15) is 0 Å². The number of aromatic nitrogens is 1. The molecule has 1 N–H and O–H groups in total. The van der Waals surface area contributed by atoms with Crippen molar-refractivity contribution in [3.8, 4) is 5.75 Å². The third kappa shape index (κ3) is 2.47. The Bertz CT molecular complexity index is 636. The number of nitrogens with zero attached hydrogens (tertiary/aromatic N) is 1. The zero-order valence-corrected chi connectivity index (χ0v) is 10.2. The molecule has 0 saturated heterocycles. The summed E-state index contributed by atoms with van der Waals surface area (Å²) in [5.74, 6) is 1.15. The lowest BCUT2D eigenvalue weighted by molar-refractivity contribution is -0.113. The largest absolute Gasteiger partial charge is 0.488 e. The van der Waals surface area contributed by atoms with Gasteiger partial charge in [-0.25, -0.2) is 4.98 Å². The van der Waals surface area contributed by atoms with E-state index in [-0.39, 0.29) is 12.5 Å². The summed E-state index contributed by atoms with van der Waals surface area (Å²) in [4.78, 5) is 16.1. The molecule has 94 valence electrons. The number of amides is 1. The average molecular weight is 252 g/mol. The van der Waals surface area contributed by atoms with E-state index in [1.54, 1.807) is 18.3 Å². The monoisotopic (exact) mass is 252 g/mol. The maximum Gasteiger partial charge on any atom is 0.256 e. The fourth-order valence-corrected chi connectivity index (χ4v) is 1.88. The quantitative estimate of drug-likeness (QED) is 0.893. The number of nitrogens with one attached hydrogen (secondary N) is 1. The van der Waals surface area contributed by atoms with Crippen molar-refractivity contribution in [3.63, 3.8) is 0 Å². The maximum absolute atomic E-state index is 12.1. The number of benzene rings is 1. The second kappa shape index (κ2) is 4.94. The van der Waals surface area contributed by atoms with E-state index in [0.29, 0.717) is 11.4 Å². The number of carbonyl (C=O) groups is 1. The number of ether oxygens (including phenoxy) is 1. The molecule has 19 heavy (non-hydrogen) atoms. The van der Waals surface area contributed by atoms with Crippen molar-refractivity contribution in [2.75, 3.05) is 11.9 Å². The predicted octanol–water partition coefficient (Wildman–Crippen LogP) is 2.50. The molecule has 0 spiro atoms. The molecule has 0 radical (unpaired) electrons. The number of carbonyl (C=O) groups excluding carboxylic acids is 1. The van der Waals surface area contributed by atoms with Crippen LogP contribution in [0.5, 0.6) is 5.75 Å². The Morgan fingerprint density at radius 1 is 1.16 bits per heavy atom. The topological polar surface area (TPSA) is 51.2 Å². The normalized spacial score (nSPS) is 12.9. The summed E-state index contributed by atoms with van der Waals surface area (Å²) < 4.78 is 5.55. The molecule has 0 atom stereocenters. The van der Waals surface area contributed by atoms with Gasteiger partial charge in [-0.15, -0.1) is 0 Å². The van der Waals surface area contributed by atoms with Crippen LogP contribution in [0.15, 0.2) is 54.2 Å². The van der Waals surface area contributed by atoms with Gasteiger partial charge in [0.25, 0.3) is 5.91 Å². The van der Waals surface area contributed by atoms with E-state index >= 15 is 0 Å². The highest BCUT2D eigenvalue weighted by atomic mass is 16.5. The van der Waals surface area contributed by atoms with Crippen molar-refractivity contribution < 1.29 is 9.53 Å². The van der Waals surface area contributed by atoms with Gasteiger partial charge in [0.05, 0.1) is 5.57 Å². The SMILES string of the molecule is O=C(Nc1ccccn1)C1=Cc2ccccc2OC1. The number of fused-ring (bicyclic) bond motifs is 1. The summed E-state index contributed by atoms with van der Waals surface area (Å²) in [5.41, 5.74) is 1.50. The van der Waals surface area contributed by atoms with Crippen molar-refractivity contribution in [2.24, 2.45) is 0 Å². The average Bonchev–Trinajstić information content (AvgIpc) is 2.48. The summed E-state index contributed by atoms with van der Waals surface area (Å²) >= 11 is 0. The highest BCUT2D eigenvalue weighted by Gasteiger charge is 2.17. The number of hydrogen-bond donors (Lipinski definition) is 1. The van der Waals surface area contributed by atoms with Gasteiger partial charge < -0.3 is 10.1 Å². The van der Waals surface area contributed by atoms with Gasteiger partial charge in [0.2, 0.25) is 0 Å². The van der Waals surface area contributed by atoms with E-state index in [2.05, 4.69) is 10.3 Å². The molecular formula is C15H12N2O2. The lowest BCUT2D eigenvalue weighted by atomic mass is 10.1. The lowest BCUT2D eigenvalue weighted by Gasteiger charge is -2.17. The Morgan fingerprint density at radius 2 is 2.00 bits per heavy atom. The Morgan fingerprint density at radius 3 is 2.84 bits per heavy atom. The van der Waals surface area contributed by atoms with E-state index < -0.39 is 0 Å². The van der Waals surface area contributed by atoms with Crippen molar-refractivity contribution in [2.45, 2.75) is 0 Å². The van der Waals surface area contributed by atoms with Gasteiger partial charge in [0.15, 0.2) is 0 Å². The second-order valence-corrected chi connectivity index (χ2v) is 4.17. The molecule has 1 aromatic heterocycles. The van der Waals surface area contributed by atoms with Crippen LogP contribution in [-0.4, -0.2) is 17.5 Å². The van der Waals surface area contributed by atoms with E-state index in [0.717, 1.165) is 11.3 Å².